The topological polar surface area (TPSA) is 41.3 Å². The molecule has 0 amide bonds. The molecule has 2 aromatic heterocycles. The number of thiocarbonyl (C=S) groups is 1. The van der Waals surface area contributed by atoms with E-state index >= 15 is 0 Å². The van der Waals surface area contributed by atoms with Crippen LogP contribution in [0.25, 0.3) is 0 Å². The van der Waals surface area contributed by atoms with Crippen molar-refractivity contribution in [3.05, 3.63) is 78.3 Å². The second kappa shape index (κ2) is 6.90. The highest BCUT2D eigenvalue weighted by atomic mass is 32.2. The fraction of sp³-hybridized carbons (Fsp3) is 0.158. The van der Waals surface area contributed by atoms with E-state index in [2.05, 4.69) is 22.4 Å². The summed E-state index contributed by atoms with van der Waals surface area (Å²) in [6.07, 6.45) is 1.80. The summed E-state index contributed by atoms with van der Waals surface area (Å²) in [5, 5.41) is 4.93. The third kappa shape index (κ3) is 3.27. The zero-order valence-electron chi connectivity index (χ0n) is 13.6. The normalized spacial score (nSPS) is 19.9. The Kier molecular flexibility index (Phi) is 4.46. The number of rotatable bonds is 4. The minimum atomic E-state index is -0.0283. The molecule has 1 aliphatic heterocycles. The molecule has 1 saturated heterocycles. The lowest BCUT2D eigenvalue weighted by atomic mass is 10.0. The minimum Gasteiger partial charge on any atom is -0.452 e. The summed E-state index contributed by atoms with van der Waals surface area (Å²) < 4.78 is 6.14. The summed E-state index contributed by atoms with van der Waals surface area (Å²) in [7, 11) is 1.98. The van der Waals surface area contributed by atoms with Gasteiger partial charge in [-0.1, -0.05) is 36.0 Å². The highest BCUT2D eigenvalue weighted by Gasteiger charge is 2.39. The second-order valence-corrected chi connectivity index (χ2v) is 7.27. The zero-order chi connectivity index (χ0) is 17.2. The van der Waals surface area contributed by atoms with Crippen LogP contribution in [0.2, 0.25) is 0 Å². The van der Waals surface area contributed by atoms with Crippen LogP contribution in [0.15, 0.2) is 81.3 Å². The second-order valence-electron chi connectivity index (χ2n) is 5.81. The number of nitrogens with zero attached hydrogens (tertiary/aromatic N) is 2. The smallest absolute Gasteiger partial charge is 0.170 e. The van der Waals surface area contributed by atoms with E-state index in [0.717, 1.165) is 21.4 Å². The molecule has 2 unspecified atom stereocenters. The maximum atomic E-state index is 6.14. The van der Waals surface area contributed by atoms with Crippen LogP contribution < -0.4 is 5.32 Å². The van der Waals surface area contributed by atoms with E-state index in [0.29, 0.717) is 5.11 Å². The molecule has 3 heterocycles. The predicted molar refractivity (Wildman–Crippen MR) is 102 cm³/mol. The monoisotopic (exact) mass is 367 g/mol. The molecule has 6 heteroatoms. The van der Waals surface area contributed by atoms with Gasteiger partial charge in [0.15, 0.2) is 10.2 Å². The van der Waals surface area contributed by atoms with Gasteiger partial charge in [0.2, 0.25) is 0 Å². The number of pyridine rings is 1. The Morgan fingerprint density at radius 3 is 2.64 bits per heavy atom. The van der Waals surface area contributed by atoms with Crippen LogP contribution in [0.1, 0.15) is 23.5 Å². The Morgan fingerprint density at radius 2 is 1.88 bits per heavy atom. The molecule has 1 N–H and O–H groups in total. The van der Waals surface area contributed by atoms with Gasteiger partial charge in [-0.05, 0) is 48.6 Å². The van der Waals surface area contributed by atoms with E-state index in [4.69, 9.17) is 16.6 Å². The van der Waals surface area contributed by atoms with Crippen molar-refractivity contribution >= 4 is 29.1 Å². The summed E-state index contributed by atoms with van der Waals surface area (Å²) in [5.74, 6) is 0.879. The Balaban J connectivity index is 1.62. The first-order valence-electron chi connectivity index (χ1n) is 7.99. The number of benzene rings is 1. The maximum Gasteiger partial charge on any atom is 0.170 e. The maximum absolute atomic E-state index is 6.14. The predicted octanol–water partition coefficient (Wildman–Crippen LogP) is 4.43. The van der Waals surface area contributed by atoms with Crippen LogP contribution in [0, 0.1) is 0 Å². The summed E-state index contributed by atoms with van der Waals surface area (Å²) in [6, 6.07) is 20.1. The largest absolute Gasteiger partial charge is 0.452 e. The summed E-state index contributed by atoms with van der Waals surface area (Å²) >= 11 is 7.06. The minimum absolute atomic E-state index is 0.0208. The van der Waals surface area contributed by atoms with E-state index in [9.17, 15) is 0 Å². The summed E-state index contributed by atoms with van der Waals surface area (Å²) in [6.45, 7) is 0. The van der Waals surface area contributed by atoms with Crippen LogP contribution >= 0.6 is 24.0 Å². The van der Waals surface area contributed by atoms with Crippen molar-refractivity contribution in [2.75, 3.05) is 7.05 Å². The Labute approximate surface area is 156 Å². The molecule has 25 heavy (non-hydrogen) atoms. The lowest BCUT2D eigenvalue weighted by Crippen LogP contribution is -2.24. The van der Waals surface area contributed by atoms with Crippen molar-refractivity contribution in [1.82, 2.24) is 15.2 Å². The molecule has 4 nitrogen and oxygen atoms in total. The van der Waals surface area contributed by atoms with Gasteiger partial charge >= 0.3 is 0 Å². The summed E-state index contributed by atoms with van der Waals surface area (Å²) in [5.41, 5.74) is 0.952. The van der Waals surface area contributed by atoms with Crippen LogP contribution in [0.3, 0.4) is 0 Å². The van der Waals surface area contributed by atoms with Gasteiger partial charge in [-0.25, -0.2) is 0 Å². The van der Waals surface area contributed by atoms with Crippen LogP contribution in [0.5, 0.6) is 0 Å². The Hall–Kier alpha value is -2.31. The first-order valence-corrected chi connectivity index (χ1v) is 9.22. The molecule has 126 valence electrons. The Morgan fingerprint density at radius 1 is 1.08 bits per heavy atom. The van der Waals surface area contributed by atoms with E-state index in [1.807, 2.05) is 60.5 Å². The van der Waals surface area contributed by atoms with Crippen LogP contribution in [-0.4, -0.2) is 22.0 Å². The number of nitrogens with one attached hydrogen (secondary N) is 1. The molecule has 0 radical (unpaired) electrons. The number of furan rings is 1. The first kappa shape index (κ1) is 16.2. The van der Waals surface area contributed by atoms with Crippen molar-refractivity contribution in [3.8, 4) is 0 Å². The van der Waals surface area contributed by atoms with E-state index in [1.165, 1.54) is 0 Å². The lowest BCUT2D eigenvalue weighted by molar-refractivity contribution is 0.289. The average molecular weight is 367 g/mol. The van der Waals surface area contributed by atoms with Crippen LogP contribution in [-0.2, 0) is 0 Å². The summed E-state index contributed by atoms with van der Waals surface area (Å²) in [4.78, 5) is 7.67. The standard InChI is InChI=1S/C19H17N3OS2/c1-22-18(17(21-19(22)24)14-9-5-6-12-20-14)15-10-11-16(23-15)25-13-7-3-2-4-8-13/h2-12,17-18H,1H3,(H,21,24). The third-order valence-electron chi connectivity index (χ3n) is 4.19. The molecule has 1 aliphatic rings. The number of hydrogen-bond acceptors (Lipinski definition) is 4. The van der Waals surface area contributed by atoms with Crippen molar-refractivity contribution < 1.29 is 4.42 Å². The van der Waals surface area contributed by atoms with Gasteiger partial charge in [-0.3, -0.25) is 4.98 Å². The zero-order valence-corrected chi connectivity index (χ0v) is 15.3. The van der Waals surface area contributed by atoms with Gasteiger partial charge in [0.1, 0.15) is 11.8 Å². The van der Waals surface area contributed by atoms with Crippen molar-refractivity contribution in [3.63, 3.8) is 0 Å². The molecule has 0 spiro atoms. The highest BCUT2D eigenvalue weighted by Crippen LogP contribution is 2.40. The fourth-order valence-electron chi connectivity index (χ4n) is 2.97. The molecule has 0 aliphatic carbocycles. The SMILES string of the molecule is CN1C(=S)NC(c2ccccn2)C1c1ccc(Sc2ccccc2)o1. The van der Waals surface area contributed by atoms with E-state index in [-0.39, 0.29) is 12.1 Å². The molecule has 0 bridgehead atoms. The van der Waals surface area contributed by atoms with Crippen molar-refractivity contribution in [2.45, 2.75) is 22.1 Å². The quantitative estimate of drug-likeness (QED) is 0.688. The molecule has 2 atom stereocenters. The van der Waals surface area contributed by atoms with Gasteiger partial charge in [0.25, 0.3) is 0 Å². The van der Waals surface area contributed by atoms with Gasteiger partial charge in [-0.2, -0.15) is 0 Å². The molecule has 1 fully saturated rings. The Bertz CT molecular complexity index is 867. The van der Waals surface area contributed by atoms with Gasteiger partial charge in [0, 0.05) is 18.1 Å². The average Bonchev–Trinajstić information content (AvgIpc) is 3.21. The third-order valence-corrected chi connectivity index (χ3v) is 5.53. The van der Waals surface area contributed by atoms with Crippen LogP contribution in [0.4, 0.5) is 0 Å². The lowest BCUT2D eigenvalue weighted by Gasteiger charge is -2.21. The van der Waals surface area contributed by atoms with Gasteiger partial charge in [-0.15, -0.1) is 0 Å². The highest BCUT2D eigenvalue weighted by molar-refractivity contribution is 7.99. The number of aromatic nitrogens is 1. The number of likely N-dealkylation sites (N-methyl/N-ethyl adjacent to an activating group) is 1. The molecule has 0 saturated carbocycles. The van der Waals surface area contributed by atoms with Crippen molar-refractivity contribution in [2.24, 2.45) is 0 Å². The van der Waals surface area contributed by atoms with E-state index in [1.54, 1.807) is 18.0 Å². The molecule has 1 aromatic carbocycles. The molecular formula is C19H17N3OS2. The molecule has 4 rings (SSSR count). The molecular weight excluding hydrogens is 350 g/mol. The van der Waals surface area contributed by atoms with Crippen molar-refractivity contribution in [1.29, 1.82) is 0 Å². The van der Waals surface area contributed by atoms with E-state index < -0.39 is 0 Å². The first-order chi connectivity index (χ1) is 12.2. The van der Waals surface area contributed by atoms with Gasteiger partial charge < -0.3 is 14.6 Å². The fourth-order valence-corrected chi connectivity index (χ4v) is 4.01. The van der Waals surface area contributed by atoms with Gasteiger partial charge in [0.05, 0.1) is 11.7 Å². The molecule has 3 aromatic rings. The number of hydrogen-bond donors (Lipinski definition) is 1.